The quantitative estimate of drug-likeness (QED) is 0.682. The number of likely N-dealkylation sites (N-methyl/N-ethyl adjacent to an activating group) is 1. The van der Waals surface area contributed by atoms with Gasteiger partial charge in [-0.1, -0.05) is 0 Å². The third kappa shape index (κ3) is 4.34. The summed E-state index contributed by atoms with van der Waals surface area (Å²) in [6, 6.07) is 0.0483. The molecule has 1 aliphatic heterocycles. The van der Waals surface area contributed by atoms with Crippen molar-refractivity contribution in [1.29, 1.82) is 0 Å². The van der Waals surface area contributed by atoms with Gasteiger partial charge in [-0.25, -0.2) is 0 Å². The van der Waals surface area contributed by atoms with Gasteiger partial charge in [0.2, 0.25) is 0 Å². The van der Waals surface area contributed by atoms with E-state index in [0.717, 1.165) is 25.9 Å². The molecule has 0 radical (unpaired) electrons. The molecule has 98 valence electrons. The van der Waals surface area contributed by atoms with Crippen molar-refractivity contribution < 1.29 is 9.59 Å². The predicted molar refractivity (Wildman–Crippen MR) is 66.5 cm³/mol. The first kappa shape index (κ1) is 14.0. The molecule has 5 nitrogen and oxygen atoms in total. The fourth-order valence-electron chi connectivity index (χ4n) is 1.79. The molecule has 1 saturated heterocycles. The molecule has 0 spiro atoms. The van der Waals surface area contributed by atoms with Crippen molar-refractivity contribution >= 4 is 11.8 Å². The van der Waals surface area contributed by atoms with Crippen LogP contribution >= 0.6 is 0 Å². The summed E-state index contributed by atoms with van der Waals surface area (Å²) in [6.07, 6.45) is 2.13. The number of hydrogen-bond donors (Lipinski definition) is 2. The molecular formula is C12H23N3O2. The molecule has 17 heavy (non-hydrogen) atoms. The summed E-state index contributed by atoms with van der Waals surface area (Å²) in [7, 11) is 1.65. The van der Waals surface area contributed by atoms with E-state index in [-0.39, 0.29) is 6.04 Å². The fourth-order valence-corrected chi connectivity index (χ4v) is 1.79. The van der Waals surface area contributed by atoms with E-state index in [1.807, 2.05) is 13.8 Å². The molecule has 0 bridgehead atoms. The molecule has 0 unspecified atom stereocenters. The average molecular weight is 241 g/mol. The summed E-state index contributed by atoms with van der Waals surface area (Å²) in [4.78, 5) is 24.7. The van der Waals surface area contributed by atoms with Crippen LogP contribution in [0.5, 0.6) is 0 Å². The van der Waals surface area contributed by atoms with Gasteiger partial charge < -0.3 is 15.5 Å². The molecule has 1 heterocycles. The minimum Gasteiger partial charge on any atom is -0.348 e. The SMILES string of the molecule is CC(C)N(C)C(=O)C(=O)NCC1CCNCC1. The topological polar surface area (TPSA) is 61.4 Å². The van der Waals surface area contributed by atoms with Gasteiger partial charge in [-0.2, -0.15) is 0 Å². The maximum absolute atomic E-state index is 11.7. The van der Waals surface area contributed by atoms with Crippen molar-refractivity contribution in [3.63, 3.8) is 0 Å². The van der Waals surface area contributed by atoms with E-state index in [2.05, 4.69) is 10.6 Å². The number of carbonyl (C=O) groups excluding carboxylic acids is 2. The number of nitrogens with one attached hydrogen (secondary N) is 2. The monoisotopic (exact) mass is 241 g/mol. The Morgan fingerprint density at radius 1 is 1.35 bits per heavy atom. The molecule has 0 atom stereocenters. The first-order valence-corrected chi connectivity index (χ1v) is 6.28. The summed E-state index contributed by atoms with van der Waals surface area (Å²) in [6.45, 7) is 6.38. The van der Waals surface area contributed by atoms with E-state index in [0.29, 0.717) is 12.5 Å². The second-order valence-electron chi connectivity index (χ2n) is 4.91. The van der Waals surface area contributed by atoms with Crippen molar-refractivity contribution in [2.24, 2.45) is 5.92 Å². The molecule has 1 aliphatic rings. The fraction of sp³-hybridized carbons (Fsp3) is 0.833. The highest BCUT2D eigenvalue weighted by Gasteiger charge is 2.21. The smallest absolute Gasteiger partial charge is 0.311 e. The van der Waals surface area contributed by atoms with Gasteiger partial charge in [-0.05, 0) is 45.7 Å². The summed E-state index contributed by atoms with van der Waals surface area (Å²) < 4.78 is 0. The van der Waals surface area contributed by atoms with E-state index in [1.165, 1.54) is 4.90 Å². The first-order chi connectivity index (χ1) is 8.02. The maximum Gasteiger partial charge on any atom is 0.311 e. The Labute approximate surface area is 103 Å². The Hall–Kier alpha value is -1.10. The number of carbonyl (C=O) groups is 2. The highest BCUT2D eigenvalue weighted by molar-refractivity contribution is 6.34. The van der Waals surface area contributed by atoms with Gasteiger partial charge in [-0.3, -0.25) is 9.59 Å². The second kappa shape index (κ2) is 6.59. The van der Waals surface area contributed by atoms with Crippen LogP contribution in [0.25, 0.3) is 0 Å². The molecule has 5 heteroatoms. The normalized spacial score (nSPS) is 16.9. The van der Waals surface area contributed by atoms with Crippen LogP contribution in [0, 0.1) is 5.92 Å². The van der Waals surface area contributed by atoms with Crippen LogP contribution in [0.15, 0.2) is 0 Å². The van der Waals surface area contributed by atoms with Crippen molar-refractivity contribution in [2.45, 2.75) is 32.7 Å². The van der Waals surface area contributed by atoms with Crippen LogP contribution in [0.3, 0.4) is 0 Å². The standard InChI is InChI=1S/C12H23N3O2/c1-9(2)15(3)12(17)11(16)14-8-10-4-6-13-7-5-10/h9-10,13H,4-8H2,1-3H3,(H,14,16). The highest BCUT2D eigenvalue weighted by Crippen LogP contribution is 2.09. The van der Waals surface area contributed by atoms with E-state index in [4.69, 9.17) is 0 Å². The Morgan fingerprint density at radius 2 is 1.94 bits per heavy atom. The molecular weight excluding hydrogens is 218 g/mol. The third-order valence-electron chi connectivity index (χ3n) is 3.30. The van der Waals surface area contributed by atoms with Crippen LogP contribution in [-0.2, 0) is 9.59 Å². The lowest BCUT2D eigenvalue weighted by Crippen LogP contribution is -2.45. The zero-order valence-electron chi connectivity index (χ0n) is 11.0. The Balaban J connectivity index is 2.30. The number of hydrogen-bond acceptors (Lipinski definition) is 3. The lowest BCUT2D eigenvalue weighted by Gasteiger charge is -2.24. The van der Waals surface area contributed by atoms with Crippen LogP contribution in [0.2, 0.25) is 0 Å². The Morgan fingerprint density at radius 3 is 2.47 bits per heavy atom. The van der Waals surface area contributed by atoms with Crippen LogP contribution in [0.4, 0.5) is 0 Å². The summed E-state index contributed by atoms with van der Waals surface area (Å²) in [5.41, 5.74) is 0. The largest absolute Gasteiger partial charge is 0.348 e. The van der Waals surface area contributed by atoms with Gasteiger partial charge in [-0.15, -0.1) is 0 Å². The molecule has 1 fully saturated rings. The molecule has 0 saturated carbocycles. The zero-order chi connectivity index (χ0) is 12.8. The van der Waals surface area contributed by atoms with Crippen molar-refractivity contribution in [3.05, 3.63) is 0 Å². The van der Waals surface area contributed by atoms with Crippen molar-refractivity contribution in [3.8, 4) is 0 Å². The molecule has 2 N–H and O–H groups in total. The number of piperidine rings is 1. The van der Waals surface area contributed by atoms with Crippen LogP contribution in [-0.4, -0.2) is 49.4 Å². The Bertz CT molecular complexity index is 273. The van der Waals surface area contributed by atoms with Gasteiger partial charge in [0.05, 0.1) is 0 Å². The highest BCUT2D eigenvalue weighted by atomic mass is 16.2. The van der Waals surface area contributed by atoms with E-state index in [9.17, 15) is 9.59 Å². The van der Waals surface area contributed by atoms with Crippen molar-refractivity contribution in [2.75, 3.05) is 26.7 Å². The molecule has 0 aliphatic carbocycles. The van der Waals surface area contributed by atoms with E-state index < -0.39 is 11.8 Å². The lowest BCUT2D eigenvalue weighted by atomic mass is 9.98. The molecule has 0 aromatic heterocycles. The molecule has 1 rings (SSSR count). The molecule has 0 aromatic carbocycles. The van der Waals surface area contributed by atoms with E-state index in [1.54, 1.807) is 7.05 Å². The predicted octanol–water partition coefficient (Wildman–Crippen LogP) is -0.0310. The summed E-state index contributed by atoms with van der Waals surface area (Å²) in [5, 5.41) is 6.00. The van der Waals surface area contributed by atoms with Gasteiger partial charge in [0, 0.05) is 19.6 Å². The Kier molecular flexibility index (Phi) is 5.41. The maximum atomic E-state index is 11.7. The number of rotatable bonds is 3. The lowest BCUT2D eigenvalue weighted by molar-refractivity contribution is -0.146. The third-order valence-corrected chi connectivity index (χ3v) is 3.30. The number of nitrogens with zero attached hydrogens (tertiary/aromatic N) is 1. The van der Waals surface area contributed by atoms with Crippen molar-refractivity contribution in [1.82, 2.24) is 15.5 Å². The van der Waals surface area contributed by atoms with Gasteiger partial charge in [0.25, 0.3) is 0 Å². The number of amides is 2. The van der Waals surface area contributed by atoms with Gasteiger partial charge >= 0.3 is 11.8 Å². The molecule has 2 amide bonds. The second-order valence-corrected chi connectivity index (χ2v) is 4.91. The zero-order valence-corrected chi connectivity index (χ0v) is 11.0. The van der Waals surface area contributed by atoms with Crippen LogP contribution < -0.4 is 10.6 Å². The first-order valence-electron chi connectivity index (χ1n) is 6.28. The minimum absolute atomic E-state index is 0.0483. The average Bonchev–Trinajstić information content (AvgIpc) is 2.35. The van der Waals surface area contributed by atoms with Gasteiger partial charge in [0.1, 0.15) is 0 Å². The van der Waals surface area contributed by atoms with Crippen LogP contribution in [0.1, 0.15) is 26.7 Å². The summed E-state index contributed by atoms with van der Waals surface area (Å²) >= 11 is 0. The molecule has 0 aromatic rings. The minimum atomic E-state index is -0.486. The van der Waals surface area contributed by atoms with Gasteiger partial charge in [0.15, 0.2) is 0 Å². The summed E-state index contributed by atoms with van der Waals surface area (Å²) in [5.74, 6) is -0.439. The van der Waals surface area contributed by atoms with E-state index >= 15 is 0 Å².